The molecule has 0 atom stereocenters. The molecule has 4 aromatic rings. The molecule has 0 aliphatic rings. The number of anilines is 1. The SMILES string of the molecule is Cc1ccc(S(=O)(=O)Oc2ccc3ccccc3c2/C=C(\C#N)C(=O)Nc2cc(C(F)(F)F)ccc2Cl)cc1. The molecular weight excluding hydrogens is 553 g/mol. The summed E-state index contributed by atoms with van der Waals surface area (Å²) in [5.41, 5.74) is -0.985. The fourth-order valence-corrected chi connectivity index (χ4v) is 4.76. The summed E-state index contributed by atoms with van der Waals surface area (Å²) in [6.45, 7) is 1.80. The van der Waals surface area contributed by atoms with E-state index in [1.165, 1.54) is 18.2 Å². The van der Waals surface area contributed by atoms with E-state index in [9.17, 15) is 31.6 Å². The highest BCUT2D eigenvalue weighted by atomic mass is 35.5. The van der Waals surface area contributed by atoms with Gasteiger partial charge in [-0.3, -0.25) is 4.79 Å². The largest absolute Gasteiger partial charge is 0.416 e. The number of hydrogen-bond acceptors (Lipinski definition) is 5. The van der Waals surface area contributed by atoms with Gasteiger partial charge in [0.25, 0.3) is 5.91 Å². The number of hydrogen-bond donors (Lipinski definition) is 1. The van der Waals surface area contributed by atoms with Crippen LogP contribution in [0.2, 0.25) is 5.02 Å². The molecule has 0 aliphatic heterocycles. The fourth-order valence-electron chi connectivity index (χ4n) is 3.65. The summed E-state index contributed by atoms with van der Waals surface area (Å²) < 4.78 is 70.8. The van der Waals surface area contributed by atoms with E-state index < -0.39 is 33.3 Å². The summed E-state index contributed by atoms with van der Waals surface area (Å²) in [5.74, 6) is -1.22. The summed E-state index contributed by atoms with van der Waals surface area (Å²) >= 11 is 5.97. The van der Waals surface area contributed by atoms with Crippen LogP contribution in [-0.2, 0) is 21.1 Å². The quantitative estimate of drug-likeness (QED) is 0.151. The van der Waals surface area contributed by atoms with Crippen molar-refractivity contribution in [2.45, 2.75) is 18.0 Å². The monoisotopic (exact) mass is 570 g/mol. The first-order valence-electron chi connectivity index (χ1n) is 11.2. The molecule has 0 saturated heterocycles. The van der Waals surface area contributed by atoms with E-state index in [0.717, 1.165) is 23.8 Å². The maximum absolute atomic E-state index is 13.1. The zero-order valence-corrected chi connectivity index (χ0v) is 21.7. The predicted molar refractivity (Wildman–Crippen MR) is 142 cm³/mol. The van der Waals surface area contributed by atoms with Gasteiger partial charge in [0.2, 0.25) is 0 Å². The summed E-state index contributed by atoms with van der Waals surface area (Å²) in [5, 5.41) is 12.9. The fraction of sp³-hybridized carbons (Fsp3) is 0.0714. The lowest BCUT2D eigenvalue weighted by Gasteiger charge is -2.13. The van der Waals surface area contributed by atoms with Crippen molar-refractivity contribution >= 4 is 50.2 Å². The number of carbonyl (C=O) groups is 1. The zero-order valence-electron chi connectivity index (χ0n) is 20.1. The Bertz CT molecular complexity index is 1760. The lowest BCUT2D eigenvalue weighted by molar-refractivity contribution is -0.137. The van der Waals surface area contributed by atoms with Crippen molar-refractivity contribution in [1.82, 2.24) is 0 Å². The van der Waals surface area contributed by atoms with Crippen molar-refractivity contribution in [3.05, 3.63) is 106 Å². The first-order chi connectivity index (χ1) is 18.4. The molecule has 0 saturated carbocycles. The second-order valence-electron chi connectivity index (χ2n) is 8.37. The Balaban J connectivity index is 1.77. The molecule has 1 N–H and O–H groups in total. The second-order valence-corrected chi connectivity index (χ2v) is 10.3. The van der Waals surface area contributed by atoms with Crippen LogP contribution in [0.3, 0.4) is 0 Å². The number of nitrogens with one attached hydrogen (secondary N) is 1. The highest BCUT2D eigenvalue weighted by molar-refractivity contribution is 7.87. The molecule has 198 valence electrons. The molecule has 1 amide bonds. The highest BCUT2D eigenvalue weighted by Gasteiger charge is 2.31. The lowest BCUT2D eigenvalue weighted by Crippen LogP contribution is -2.15. The third-order valence-electron chi connectivity index (χ3n) is 5.64. The maximum Gasteiger partial charge on any atom is 0.416 e. The molecule has 0 aromatic heterocycles. The minimum Gasteiger partial charge on any atom is -0.378 e. The maximum atomic E-state index is 13.1. The zero-order chi connectivity index (χ0) is 28.4. The van der Waals surface area contributed by atoms with Gasteiger partial charge >= 0.3 is 16.3 Å². The van der Waals surface area contributed by atoms with Crippen molar-refractivity contribution in [1.29, 1.82) is 5.26 Å². The highest BCUT2D eigenvalue weighted by Crippen LogP contribution is 2.35. The first-order valence-corrected chi connectivity index (χ1v) is 13.0. The molecule has 0 heterocycles. The molecule has 0 unspecified atom stereocenters. The Kier molecular flexibility index (Phi) is 7.67. The molecule has 4 aromatic carbocycles. The van der Waals surface area contributed by atoms with Gasteiger partial charge in [-0.15, -0.1) is 0 Å². The van der Waals surface area contributed by atoms with Crippen LogP contribution in [0.4, 0.5) is 18.9 Å². The van der Waals surface area contributed by atoms with Crippen LogP contribution in [0, 0.1) is 18.3 Å². The number of benzene rings is 4. The number of rotatable bonds is 6. The molecule has 6 nitrogen and oxygen atoms in total. The summed E-state index contributed by atoms with van der Waals surface area (Å²) in [6, 6.07) is 19.9. The van der Waals surface area contributed by atoms with Crippen molar-refractivity contribution in [3.8, 4) is 11.8 Å². The number of aryl methyl sites for hydroxylation is 1. The summed E-state index contributed by atoms with van der Waals surface area (Å²) in [7, 11) is -4.29. The second kappa shape index (κ2) is 10.8. The van der Waals surface area contributed by atoms with Crippen molar-refractivity contribution < 1.29 is 30.6 Å². The first kappa shape index (κ1) is 27.7. The van der Waals surface area contributed by atoms with E-state index in [2.05, 4.69) is 5.32 Å². The number of alkyl halides is 3. The van der Waals surface area contributed by atoms with Gasteiger partial charge in [0.1, 0.15) is 16.5 Å². The smallest absolute Gasteiger partial charge is 0.378 e. The van der Waals surface area contributed by atoms with Gasteiger partial charge in [0.05, 0.1) is 16.3 Å². The molecular formula is C28H18ClF3N2O4S. The van der Waals surface area contributed by atoms with Crippen LogP contribution in [-0.4, -0.2) is 14.3 Å². The molecule has 0 fully saturated rings. The van der Waals surface area contributed by atoms with Crippen molar-refractivity contribution in [2.24, 2.45) is 0 Å². The predicted octanol–water partition coefficient (Wildman–Crippen LogP) is 7.13. The van der Waals surface area contributed by atoms with Gasteiger partial charge in [0, 0.05) is 5.56 Å². The molecule has 11 heteroatoms. The number of nitriles is 1. The lowest BCUT2D eigenvalue weighted by atomic mass is 10.0. The number of halogens is 4. The van der Waals surface area contributed by atoms with Crippen LogP contribution < -0.4 is 9.50 Å². The van der Waals surface area contributed by atoms with Gasteiger partial charge in [-0.25, -0.2) is 0 Å². The molecule has 39 heavy (non-hydrogen) atoms. The number of amides is 1. The molecule has 0 aliphatic carbocycles. The van der Waals surface area contributed by atoms with E-state index in [4.69, 9.17) is 15.8 Å². The topological polar surface area (TPSA) is 96.3 Å². The Morgan fingerprint density at radius 3 is 2.38 bits per heavy atom. The van der Waals surface area contributed by atoms with E-state index in [1.807, 2.05) is 0 Å². The minimum atomic E-state index is -4.68. The van der Waals surface area contributed by atoms with Crippen molar-refractivity contribution in [2.75, 3.05) is 5.32 Å². The Hall–Kier alpha value is -4.33. The van der Waals surface area contributed by atoms with Gasteiger partial charge in [-0.05, 0) is 60.2 Å². The van der Waals surface area contributed by atoms with Gasteiger partial charge < -0.3 is 9.50 Å². The van der Waals surface area contributed by atoms with Crippen LogP contribution in [0.15, 0.2) is 89.3 Å². The van der Waals surface area contributed by atoms with E-state index in [-0.39, 0.29) is 26.9 Å². The molecule has 0 spiro atoms. The van der Waals surface area contributed by atoms with Crippen LogP contribution in [0.25, 0.3) is 16.8 Å². The third-order valence-corrected chi connectivity index (χ3v) is 7.21. The molecule has 0 radical (unpaired) electrons. The Morgan fingerprint density at radius 1 is 1.03 bits per heavy atom. The van der Waals surface area contributed by atoms with Gasteiger partial charge in [-0.2, -0.15) is 26.9 Å². The Labute approximate surface area is 227 Å². The molecule has 4 rings (SSSR count). The van der Waals surface area contributed by atoms with E-state index >= 15 is 0 Å². The van der Waals surface area contributed by atoms with Crippen LogP contribution in [0.5, 0.6) is 5.75 Å². The van der Waals surface area contributed by atoms with Gasteiger partial charge in [0.15, 0.2) is 5.75 Å². The summed E-state index contributed by atoms with van der Waals surface area (Å²) in [4.78, 5) is 12.8. The number of carbonyl (C=O) groups excluding carboxylic acids is 1. The molecule has 0 bridgehead atoms. The normalized spacial score (nSPS) is 12.2. The average Bonchev–Trinajstić information content (AvgIpc) is 2.88. The van der Waals surface area contributed by atoms with Crippen LogP contribution >= 0.6 is 11.6 Å². The summed E-state index contributed by atoms with van der Waals surface area (Å²) in [6.07, 6.45) is -3.57. The van der Waals surface area contributed by atoms with E-state index in [0.29, 0.717) is 16.8 Å². The van der Waals surface area contributed by atoms with E-state index in [1.54, 1.807) is 55.5 Å². The Morgan fingerprint density at radius 2 is 1.72 bits per heavy atom. The number of fused-ring (bicyclic) bond motifs is 1. The average molecular weight is 571 g/mol. The minimum absolute atomic E-state index is 0.102. The third kappa shape index (κ3) is 6.22. The van der Waals surface area contributed by atoms with Crippen molar-refractivity contribution in [3.63, 3.8) is 0 Å². The standard InChI is InChI=1S/C28H18ClF3N2O4S/c1-17-6-10-21(11-7-17)39(36,37)38-26-13-8-18-4-2-3-5-22(18)23(26)14-19(16-33)27(35)34-25-15-20(28(30,31)32)9-12-24(25)29/h2-15H,1H3,(H,34,35)/b19-14+. The number of nitrogens with zero attached hydrogens (tertiary/aromatic N) is 1. The van der Waals surface area contributed by atoms with Crippen LogP contribution in [0.1, 0.15) is 16.7 Å². The van der Waals surface area contributed by atoms with Gasteiger partial charge in [-0.1, -0.05) is 59.6 Å².